The average Bonchev–Trinajstić information content (AvgIpc) is 1.00. The molecule has 4 heteroatoms. The molecule has 0 bridgehead atoms. The van der Waals surface area contributed by atoms with Crippen molar-refractivity contribution in [2.24, 2.45) is 0 Å². The summed E-state index contributed by atoms with van der Waals surface area (Å²) < 4.78 is 8.25. The summed E-state index contributed by atoms with van der Waals surface area (Å²) in [5, 5.41) is 0. The molecule has 0 aromatic heterocycles. The molecule has 0 aliphatic rings. The van der Waals surface area contributed by atoms with Gasteiger partial charge in [0.1, 0.15) is 0 Å². The number of hydrogen-bond acceptors (Lipinski definition) is 1. The molecule has 0 unspecified atom stereocenters. The van der Waals surface area contributed by atoms with E-state index in [1.807, 2.05) is 0 Å². The van der Waals surface area contributed by atoms with E-state index >= 15 is 0 Å². The fourth-order valence-electron chi connectivity index (χ4n) is 0. The van der Waals surface area contributed by atoms with Gasteiger partial charge in [-0.3, -0.25) is 0 Å². The fourth-order valence-corrected chi connectivity index (χ4v) is 0. The Morgan fingerprint density at radius 2 is 1.25 bits per heavy atom. The van der Waals surface area contributed by atoms with Crippen LogP contribution in [0.15, 0.2) is 0 Å². The average molecular weight is 167 g/mol. The smallest absolute Gasteiger partial charge is 0 e. The summed E-state index contributed by atoms with van der Waals surface area (Å²) >= 11 is 0.750. The summed E-state index contributed by atoms with van der Waals surface area (Å²) in [5.41, 5.74) is 0. The predicted molar refractivity (Wildman–Crippen MR) is 0.686 cm³/mol. The van der Waals surface area contributed by atoms with Crippen LogP contribution in [-0.4, -0.2) is 0 Å². The van der Waals surface area contributed by atoms with E-state index in [0.717, 1.165) is 20.4 Å². The minimum Gasteiger partial charge on any atom is 0 e. The third-order valence-corrected chi connectivity index (χ3v) is 0. The van der Waals surface area contributed by atoms with Crippen molar-refractivity contribution in [2.75, 3.05) is 0 Å². The van der Waals surface area contributed by atoms with Crippen LogP contribution in [0.25, 0.3) is 0 Å². The Kier molecular flexibility index (Phi) is 93.6. The monoisotopic (exact) mass is 167 g/mol. The maximum absolute atomic E-state index is 8.25. The van der Waals surface area contributed by atoms with Crippen LogP contribution in [0.2, 0.25) is 0 Å². The van der Waals surface area contributed by atoms with Crippen molar-refractivity contribution in [3.05, 3.63) is 0 Å². The van der Waals surface area contributed by atoms with Crippen molar-refractivity contribution < 1.29 is 62.5 Å². The number of hydrogen-bond donors (Lipinski definition) is 0. The first-order valence-corrected chi connectivity index (χ1v) is 0.842. The van der Waals surface area contributed by atoms with Crippen LogP contribution in [0.5, 0.6) is 0 Å². The van der Waals surface area contributed by atoms with Crippen LogP contribution in [0.4, 0.5) is 0 Å². The van der Waals surface area contributed by atoms with Crippen LogP contribution in [0.3, 0.4) is 0 Å². The van der Waals surface area contributed by atoms with E-state index in [4.69, 9.17) is 3.32 Å². The zero-order valence-corrected chi connectivity index (χ0v) is 6.09. The van der Waals surface area contributed by atoms with Gasteiger partial charge in [0.25, 0.3) is 0 Å². The summed E-state index contributed by atoms with van der Waals surface area (Å²) in [6.07, 6.45) is 0. The second kappa shape index (κ2) is 21.8. The van der Waals surface area contributed by atoms with E-state index in [9.17, 15) is 0 Å². The van der Waals surface area contributed by atoms with Crippen molar-refractivity contribution in [3.63, 3.8) is 0 Å². The quantitative estimate of drug-likeness (QED) is 0.459. The van der Waals surface area contributed by atoms with Crippen LogP contribution >= 0.6 is 0 Å². The molecular formula is MnOTi2. The largest absolute Gasteiger partial charge is 0 e. The van der Waals surface area contributed by atoms with E-state index in [2.05, 4.69) is 0 Å². The molecule has 0 saturated carbocycles. The Hall–Kier alpha value is 1.75. The molecular weight excluding hydrogens is 167 g/mol. The Labute approximate surface area is 62.0 Å². The SMILES string of the molecule is [Mn].[O]=[Ti].[Ti]. The van der Waals surface area contributed by atoms with Gasteiger partial charge in [0.15, 0.2) is 0 Å². The first-order valence-electron chi connectivity index (χ1n) is 0.204. The maximum atomic E-state index is 8.25. The molecule has 0 aromatic rings. The summed E-state index contributed by atoms with van der Waals surface area (Å²) in [6.45, 7) is 0. The van der Waals surface area contributed by atoms with E-state index in [1.165, 1.54) is 0 Å². The Balaban J connectivity index is -0.00000000500. The Bertz CT molecular complexity index is 6.00. The fraction of sp³-hybridized carbons (Fsp3) is 0. The molecule has 0 amide bonds. The maximum Gasteiger partial charge on any atom is 0 e. The summed E-state index contributed by atoms with van der Waals surface area (Å²) in [5.74, 6) is 0. The molecule has 0 spiro atoms. The summed E-state index contributed by atoms with van der Waals surface area (Å²) in [4.78, 5) is 0. The molecule has 4 heavy (non-hydrogen) atoms. The Morgan fingerprint density at radius 3 is 1.25 bits per heavy atom. The van der Waals surface area contributed by atoms with E-state index in [-0.39, 0.29) is 38.8 Å². The Morgan fingerprint density at radius 1 is 1.25 bits per heavy atom. The summed E-state index contributed by atoms with van der Waals surface area (Å²) in [7, 11) is 0. The minimum absolute atomic E-state index is 0. The molecule has 1 radical (unpaired) electrons. The van der Waals surface area contributed by atoms with Gasteiger partial charge in [-0.2, -0.15) is 0 Å². The molecule has 0 aliphatic heterocycles. The summed E-state index contributed by atoms with van der Waals surface area (Å²) in [6, 6.07) is 0. The van der Waals surface area contributed by atoms with Crippen molar-refractivity contribution in [3.8, 4) is 0 Å². The van der Waals surface area contributed by atoms with E-state index in [1.54, 1.807) is 0 Å². The first-order chi connectivity index (χ1) is 1.00. The molecule has 1 nitrogen and oxygen atoms in total. The third kappa shape index (κ3) is 9.26. The predicted octanol–water partition coefficient (Wildman–Crippen LogP) is -0.126. The van der Waals surface area contributed by atoms with Crippen molar-refractivity contribution >= 4 is 0 Å². The van der Waals surface area contributed by atoms with Crippen molar-refractivity contribution in [2.45, 2.75) is 0 Å². The molecule has 0 rings (SSSR count). The number of rotatable bonds is 0. The molecule has 0 atom stereocenters. The van der Waals surface area contributed by atoms with Crippen LogP contribution < -0.4 is 0 Å². The van der Waals surface area contributed by atoms with Crippen LogP contribution in [0.1, 0.15) is 0 Å². The van der Waals surface area contributed by atoms with E-state index in [0.29, 0.717) is 0 Å². The molecule has 0 N–H and O–H groups in total. The molecule has 0 aliphatic carbocycles. The van der Waals surface area contributed by atoms with Gasteiger partial charge in [0.05, 0.1) is 0 Å². The zero-order chi connectivity index (χ0) is 2.00. The molecule has 0 saturated heterocycles. The first kappa shape index (κ1) is 17.2. The molecule has 0 heterocycles. The normalized spacial score (nSPS) is 0.750. The molecule has 0 fully saturated rings. The van der Waals surface area contributed by atoms with Gasteiger partial charge < -0.3 is 0 Å². The standard InChI is InChI=1S/Mn.O.2Ti. The van der Waals surface area contributed by atoms with Crippen molar-refractivity contribution in [1.82, 2.24) is 0 Å². The topological polar surface area (TPSA) is 17.1 Å². The van der Waals surface area contributed by atoms with Gasteiger partial charge in [-0.15, -0.1) is 0 Å². The second-order valence-corrected chi connectivity index (χ2v) is 0. The third-order valence-electron chi connectivity index (χ3n) is 0. The van der Waals surface area contributed by atoms with Gasteiger partial charge in [-0.25, -0.2) is 0 Å². The van der Waals surface area contributed by atoms with Gasteiger partial charge in [-0.1, -0.05) is 0 Å². The van der Waals surface area contributed by atoms with Gasteiger partial charge in [0, 0.05) is 38.8 Å². The zero-order valence-electron chi connectivity index (χ0n) is 1.79. The molecule has 21 valence electrons. The van der Waals surface area contributed by atoms with Gasteiger partial charge in [0.2, 0.25) is 0 Å². The van der Waals surface area contributed by atoms with Crippen LogP contribution in [0, 0.1) is 0 Å². The van der Waals surface area contributed by atoms with Gasteiger partial charge in [-0.05, 0) is 0 Å². The van der Waals surface area contributed by atoms with E-state index < -0.39 is 0 Å². The second-order valence-electron chi connectivity index (χ2n) is 0. The van der Waals surface area contributed by atoms with Gasteiger partial charge >= 0.3 is 23.7 Å². The van der Waals surface area contributed by atoms with Crippen LogP contribution in [-0.2, 0) is 62.5 Å². The minimum atomic E-state index is 0. The molecule has 0 aromatic carbocycles. The van der Waals surface area contributed by atoms with Crippen molar-refractivity contribution in [1.29, 1.82) is 0 Å².